The molecule has 0 spiro atoms. The normalized spacial score (nSPS) is 11.5. The van der Waals surface area contributed by atoms with Crippen LogP contribution >= 0.6 is 15.9 Å². The van der Waals surface area contributed by atoms with Gasteiger partial charge < -0.3 is 10.5 Å². The molecule has 1 rings (SSSR count). The van der Waals surface area contributed by atoms with Gasteiger partial charge in [-0.15, -0.1) is 0 Å². The van der Waals surface area contributed by atoms with Crippen molar-refractivity contribution in [2.45, 2.75) is 6.18 Å². The molecule has 84 valence electrons. The molecule has 2 N–H and O–H groups in total. The van der Waals surface area contributed by atoms with Crippen LogP contribution in [0.3, 0.4) is 0 Å². The third-order valence-corrected chi connectivity index (χ3v) is 2.04. The second-order valence-corrected chi connectivity index (χ2v) is 3.73. The van der Waals surface area contributed by atoms with E-state index < -0.39 is 11.7 Å². The molecule has 0 saturated carbocycles. The zero-order valence-corrected chi connectivity index (χ0v) is 9.23. The molecule has 1 aromatic rings. The van der Waals surface area contributed by atoms with Crippen molar-refractivity contribution >= 4 is 15.9 Å². The largest absolute Gasteiger partial charge is 0.492 e. The highest BCUT2D eigenvalue weighted by Crippen LogP contribution is 2.33. The minimum Gasteiger partial charge on any atom is -0.492 e. The fourth-order valence-electron chi connectivity index (χ4n) is 0.986. The van der Waals surface area contributed by atoms with Crippen molar-refractivity contribution in [2.75, 3.05) is 13.2 Å². The van der Waals surface area contributed by atoms with Gasteiger partial charge in [0.15, 0.2) is 0 Å². The van der Waals surface area contributed by atoms with Crippen molar-refractivity contribution in [3.63, 3.8) is 0 Å². The molecule has 0 amide bonds. The fourth-order valence-corrected chi connectivity index (χ4v) is 1.46. The van der Waals surface area contributed by atoms with Gasteiger partial charge in [-0.1, -0.05) is 15.9 Å². The van der Waals surface area contributed by atoms with Crippen molar-refractivity contribution in [1.82, 2.24) is 0 Å². The summed E-state index contributed by atoms with van der Waals surface area (Å²) in [6, 6.07) is 3.40. The third-order valence-electron chi connectivity index (χ3n) is 1.59. The monoisotopic (exact) mass is 283 g/mol. The van der Waals surface area contributed by atoms with Gasteiger partial charge in [0, 0.05) is 11.0 Å². The number of alkyl halides is 3. The lowest BCUT2D eigenvalue weighted by Crippen LogP contribution is -2.11. The molecule has 0 unspecified atom stereocenters. The van der Waals surface area contributed by atoms with Crippen LogP contribution in [0.4, 0.5) is 13.2 Å². The molecule has 0 aromatic heterocycles. The molecule has 0 aliphatic heterocycles. The first kappa shape index (κ1) is 12.3. The van der Waals surface area contributed by atoms with Crippen molar-refractivity contribution in [1.29, 1.82) is 0 Å². The van der Waals surface area contributed by atoms with Crippen LogP contribution in [0.2, 0.25) is 0 Å². The Balaban J connectivity index is 2.95. The minimum absolute atomic E-state index is 0.155. The molecule has 0 fully saturated rings. The van der Waals surface area contributed by atoms with E-state index in [1.54, 1.807) is 0 Å². The average Bonchev–Trinajstić information content (AvgIpc) is 2.12. The Bertz CT molecular complexity index is 341. The molecule has 1 aromatic carbocycles. The summed E-state index contributed by atoms with van der Waals surface area (Å²) in [4.78, 5) is 0. The smallest absolute Gasteiger partial charge is 0.416 e. The van der Waals surface area contributed by atoms with Gasteiger partial charge >= 0.3 is 6.18 Å². The maximum absolute atomic E-state index is 12.4. The summed E-state index contributed by atoms with van der Waals surface area (Å²) < 4.78 is 42.4. The zero-order chi connectivity index (χ0) is 11.5. The van der Waals surface area contributed by atoms with Crippen LogP contribution in [0.1, 0.15) is 5.56 Å². The molecule has 2 nitrogen and oxygen atoms in total. The molecule has 0 bridgehead atoms. The van der Waals surface area contributed by atoms with E-state index >= 15 is 0 Å². The molecule has 0 radical (unpaired) electrons. The molecule has 0 atom stereocenters. The number of benzene rings is 1. The number of halogens is 4. The Labute approximate surface area is 93.3 Å². The molecule has 15 heavy (non-hydrogen) atoms. The topological polar surface area (TPSA) is 35.2 Å². The Hall–Kier alpha value is -0.750. The summed E-state index contributed by atoms with van der Waals surface area (Å²) >= 11 is 2.99. The zero-order valence-electron chi connectivity index (χ0n) is 7.64. The predicted molar refractivity (Wildman–Crippen MR) is 53.7 cm³/mol. The van der Waals surface area contributed by atoms with E-state index in [0.29, 0.717) is 4.47 Å². The van der Waals surface area contributed by atoms with Gasteiger partial charge in [-0.05, 0) is 18.2 Å². The van der Waals surface area contributed by atoms with E-state index in [9.17, 15) is 13.2 Å². The van der Waals surface area contributed by atoms with Gasteiger partial charge in [-0.25, -0.2) is 0 Å². The van der Waals surface area contributed by atoms with Crippen molar-refractivity contribution in [3.8, 4) is 5.75 Å². The summed E-state index contributed by atoms with van der Waals surface area (Å²) in [5.41, 5.74) is 4.43. The standard InChI is InChI=1S/C9H9BrF3NO/c10-7-3-6(9(11,12)13)4-8(5-7)15-2-1-14/h3-5H,1-2,14H2. The molecule has 6 heteroatoms. The second-order valence-electron chi connectivity index (χ2n) is 2.81. The Kier molecular flexibility index (Phi) is 3.98. The van der Waals surface area contributed by atoms with Crippen LogP contribution in [0.15, 0.2) is 22.7 Å². The molecule has 0 saturated heterocycles. The highest BCUT2D eigenvalue weighted by atomic mass is 79.9. The van der Waals surface area contributed by atoms with Crippen molar-refractivity contribution in [3.05, 3.63) is 28.2 Å². The number of nitrogens with two attached hydrogens (primary N) is 1. The van der Waals surface area contributed by atoms with Crippen molar-refractivity contribution in [2.24, 2.45) is 5.73 Å². The first-order valence-corrected chi connectivity index (χ1v) is 4.93. The number of ether oxygens (including phenoxy) is 1. The molecular formula is C9H9BrF3NO. The van der Waals surface area contributed by atoms with E-state index in [2.05, 4.69) is 15.9 Å². The Morgan fingerprint density at radius 1 is 1.27 bits per heavy atom. The summed E-state index contributed by atoms with van der Waals surface area (Å²) in [6.07, 6.45) is -4.37. The highest BCUT2D eigenvalue weighted by Gasteiger charge is 2.31. The number of hydrogen-bond donors (Lipinski definition) is 1. The maximum Gasteiger partial charge on any atom is 0.416 e. The summed E-state index contributed by atoms with van der Waals surface area (Å²) in [5, 5.41) is 0. The predicted octanol–water partition coefficient (Wildman–Crippen LogP) is 2.81. The minimum atomic E-state index is -4.37. The van der Waals surface area contributed by atoms with Gasteiger partial charge in [0.2, 0.25) is 0 Å². The van der Waals surface area contributed by atoms with Crippen LogP contribution < -0.4 is 10.5 Å². The van der Waals surface area contributed by atoms with Crippen LogP contribution in [0.5, 0.6) is 5.75 Å². The Morgan fingerprint density at radius 3 is 2.47 bits per heavy atom. The second kappa shape index (κ2) is 4.85. The first-order valence-electron chi connectivity index (χ1n) is 4.14. The summed E-state index contributed by atoms with van der Waals surface area (Å²) in [5.74, 6) is 0.155. The SMILES string of the molecule is NCCOc1cc(Br)cc(C(F)(F)F)c1. The fraction of sp³-hybridized carbons (Fsp3) is 0.333. The van der Waals surface area contributed by atoms with E-state index in [-0.39, 0.29) is 18.9 Å². The van der Waals surface area contributed by atoms with E-state index in [4.69, 9.17) is 10.5 Å². The molecule has 0 heterocycles. The lowest BCUT2D eigenvalue weighted by Gasteiger charge is -2.10. The van der Waals surface area contributed by atoms with E-state index in [1.807, 2.05) is 0 Å². The number of rotatable bonds is 3. The Morgan fingerprint density at radius 2 is 1.93 bits per heavy atom. The molecule has 0 aliphatic carbocycles. The summed E-state index contributed by atoms with van der Waals surface area (Å²) in [6.45, 7) is 0.446. The highest BCUT2D eigenvalue weighted by molar-refractivity contribution is 9.10. The third kappa shape index (κ3) is 3.71. The van der Waals surface area contributed by atoms with Crippen LogP contribution in [-0.4, -0.2) is 13.2 Å². The van der Waals surface area contributed by atoms with Gasteiger partial charge in [0.25, 0.3) is 0 Å². The van der Waals surface area contributed by atoms with Gasteiger partial charge in [0.05, 0.1) is 5.56 Å². The van der Waals surface area contributed by atoms with E-state index in [1.165, 1.54) is 6.07 Å². The lowest BCUT2D eigenvalue weighted by molar-refractivity contribution is -0.137. The molecular weight excluding hydrogens is 275 g/mol. The first-order chi connectivity index (χ1) is 6.93. The number of hydrogen-bond acceptors (Lipinski definition) is 2. The van der Waals surface area contributed by atoms with Crippen molar-refractivity contribution < 1.29 is 17.9 Å². The lowest BCUT2D eigenvalue weighted by atomic mass is 10.2. The van der Waals surface area contributed by atoms with Crippen LogP contribution in [-0.2, 0) is 6.18 Å². The quantitative estimate of drug-likeness (QED) is 0.926. The summed E-state index contributed by atoms with van der Waals surface area (Å²) in [7, 11) is 0. The van der Waals surface area contributed by atoms with Gasteiger partial charge in [0.1, 0.15) is 12.4 Å². The van der Waals surface area contributed by atoms with Gasteiger partial charge in [-0.3, -0.25) is 0 Å². The van der Waals surface area contributed by atoms with Crippen LogP contribution in [0, 0.1) is 0 Å². The van der Waals surface area contributed by atoms with E-state index in [0.717, 1.165) is 12.1 Å². The average molecular weight is 284 g/mol. The van der Waals surface area contributed by atoms with Gasteiger partial charge in [-0.2, -0.15) is 13.2 Å². The maximum atomic E-state index is 12.4. The van der Waals surface area contributed by atoms with Crippen LogP contribution in [0.25, 0.3) is 0 Å². The molecule has 0 aliphatic rings.